The third-order valence-corrected chi connectivity index (χ3v) is 2.88. The maximum Gasteiger partial charge on any atom is 0.0599 e. The summed E-state index contributed by atoms with van der Waals surface area (Å²) >= 11 is 0. The van der Waals surface area contributed by atoms with Gasteiger partial charge in [-0.15, -0.1) is 0 Å². The predicted octanol–water partition coefficient (Wildman–Crippen LogP) is 0.791. The molecule has 3 heteroatoms. The van der Waals surface area contributed by atoms with Crippen molar-refractivity contribution in [3.8, 4) is 0 Å². The molecule has 2 aliphatic heterocycles. The maximum atomic E-state index is 5.85. The maximum absolute atomic E-state index is 5.85. The Kier molecular flexibility index (Phi) is 3.58. The summed E-state index contributed by atoms with van der Waals surface area (Å²) in [5.41, 5.74) is 0. The Balaban J connectivity index is 1.60. The second-order valence-corrected chi connectivity index (χ2v) is 4.01. The molecule has 1 unspecified atom stereocenters. The van der Waals surface area contributed by atoms with E-state index in [-0.39, 0.29) is 0 Å². The largest absolute Gasteiger partial charge is 0.381 e. The number of ether oxygens (including phenoxy) is 2. The van der Waals surface area contributed by atoms with Crippen LogP contribution in [0.5, 0.6) is 0 Å². The van der Waals surface area contributed by atoms with Crippen LogP contribution in [-0.4, -0.2) is 39.0 Å². The molecule has 2 rings (SSSR count). The molecular formula is C10H19NO2. The molecule has 2 fully saturated rings. The Bertz CT molecular complexity index is 140. The van der Waals surface area contributed by atoms with Gasteiger partial charge in [-0.2, -0.15) is 0 Å². The molecule has 0 bridgehead atoms. The first-order valence-corrected chi connectivity index (χ1v) is 5.35. The molecule has 0 radical (unpaired) electrons. The van der Waals surface area contributed by atoms with Crippen LogP contribution in [0, 0.1) is 5.92 Å². The highest BCUT2D eigenvalue weighted by molar-refractivity contribution is 4.70. The van der Waals surface area contributed by atoms with E-state index in [1.165, 1.54) is 19.3 Å². The molecular weight excluding hydrogens is 166 g/mol. The van der Waals surface area contributed by atoms with Crippen LogP contribution in [0.2, 0.25) is 0 Å². The molecule has 0 saturated carbocycles. The normalized spacial score (nSPS) is 30.9. The molecule has 0 aromatic carbocycles. The van der Waals surface area contributed by atoms with Crippen molar-refractivity contribution in [3.63, 3.8) is 0 Å². The Labute approximate surface area is 79.8 Å². The Morgan fingerprint density at radius 3 is 2.77 bits per heavy atom. The predicted molar refractivity (Wildman–Crippen MR) is 50.8 cm³/mol. The van der Waals surface area contributed by atoms with E-state index >= 15 is 0 Å². The van der Waals surface area contributed by atoms with Crippen LogP contribution in [0.25, 0.3) is 0 Å². The molecule has 76 valence electrons. The first kappa shape index (κ1) is 9.44. The van der Waals surface area contributed by atoms with Crippen LogP contribution < -0.4 is 5.32 Å². The molecule has 3 nitrogen and oxygen atoms in total. The molecule has 0 aromatic heterocycles. The zero-order valence-electron chi connectivity index (χ0n) is 8.13. The summed E-state index contributed by atoms with van der Waals surface area (Å²) in [5.74, 6) is 0.662. The van der Waals surface area contributed by atoms with Gasteiger partial charge in [-0.25, -0.2) is 0 Å². The van der Waals surface area contributed by atoms with Crippen molar-refractivity contribution < 1.29 is 9.47 Å². The summed E-state index contributed by atoms with van der Waals surface area (Å²) in [6.07, 6.45) is 4.04. The zero-order chi connectivity index (χ0) is 8.93. The van der Waals surface area contributed by atoms with Crippen molar-refractivity contribution in [3.05, 3.63) is 0 Å². The number of piperidine rings is 1. The third-order valence-electron chi connectivity index (χ3n) is 2.88. The van der Waals surface area contributed by atoms with E-state index in [1.807, 2.05) is 0 Å². The van der Waals surface area contributed by atoms with E-state index in [2.05, 4.69) is 5.32 Å². The summed E-state index contributed by atoms with van der Waals surface area (Å²) in [5, 5.41) is 3.34. The van der Waals surface area contributed by atoms with E-state index in [0.29, 0.717) is 12.0 Å². The van der Waals surface area contributed by atoms with Crippen LogP contribution >= 0.6 is 0 Å². The molecule has 1 atom stereocenters. The van der Waals surface area contributed by atoms with Crippen molar-refractivity contribution in [1.29, 1.82) is 0 Å². The molecule has 2 aliphatic rings. The quantitative estimate of drug-likeness (QED) is 0.705. The van der Waals surface area contributed by atoms with E-state index in [0.717, 1.165) is 32.9 Å². The molecule has 0 aromatic rings. The van der Waals surface area contributed by atoms with Gasteiger partial charge in [0.1, 0.15) is 0 Å². The lowest BCUT2D eigenvalue weighted by atomic mass is 10.1. The van der Waals surface area contributed by atoms with Crippen LogP contribution in [0.3, 0.4) is 0 Å². The third kappa shape index (κ3) is 2.93. The van der Waals surface area contributed by atoms with E-state index in [4.69, 9.17) is 9.47 Å². The van der Waals surface area contributed by atoms with Gasteiger partial charge in [-0.05, 0) is 32.4 Å². The molecule has 2 saturated heterocycles. The summed E-state index contributed by atoms with van der Waals surface area (Å²) in [6.45, 7) is 4.98. The lowest BCUT2D eigenvalue weighted by Gasteiger charge is -2.24. The minimum Gasteiger partial charge on any atom is -0.381 e. The van der Waals surface area contributed by atoms with Gasteiger partial charge in [0.2, 0.25) is 0 Å². The van der Waals surface area contributed by atoms with Gasteiger partial charge in [0.15, 0.2) is 0 Å². The van der Waals surface area contributed by atoms with Gasteiger partial charge in [-0.1, -0.05) is 0 Å². The van der Waals surface area contributed by atoms with Crippen molar-refractivity contribution in [2.24, 2.45) is 5.92 Å². The summed E-state index contributed by atoms with van der Waals surface area (Å²) in [4.78, 5) is 0. The second-order valence-electron chi connectivity index (χ2n) is 4.01. The van der Waals surface area contributed by atoms with Gasteiger partial charge in [-0.3, -0.25) is 0 Å². The Morgan fingerprint density at radius 2 is 2.08 bits per heavy atom. The molecule has 13 heavy (non-hydrogen) atoms. The SMILES string of the molecule is C1CC(OCC2CCOC2)CCN1. The number of hydrogen-bond donors (Lipinski definition) is 1. The van der Waals surface area contributed by atoms with Gasteiger partial charge in [0, 0.05) is 12.5 Å². The lowest BCUT2D eigenvalue weighted by Crippen LogP contribution is -2.33. The minimum atomic E-state index is 0.502. The van der Waals surface area contributed by atoms with Crippen LogP contribution in [0.1, 0.15) is 19.3 Å². The molecule has 0 amide bonds. The van der Waals surface area contributed by atoms with Crippen LogP contribution in [0.4, 0.5) is 0 Å². The first-order chi connectivity index (χ1) is 6.45. The fourth-order valence-corrected chi connectivity index (χ4v) is 1.95. The lowest BCUT2D eigenvalue weighted by molar-refractivity contribution is 0.00984. The topological polar surface area (TPSA) is 30.5 Å². The highest BCUT2D eigenvalue weighted by atomic mass is 16.5. The van der Waals surface area contributed by atoms with Crippen LogP contribution in [-0.2, 0) is 9.47 Å². The number of nitrogens with one attached hydrogen (secondary N) is 1. The Hall–Kier alpha value is -0.120. The monoisotopic (exact) mass is 185 g/mol. The minimum absolute atomic E-state index is 0.502. The highest BCUT2D eigenvalue weighted by Crippen LogP contribution is 2.15. The van der Waals surface area contributed by atoms with E-state index < -0.39 is 0 Å². The number of rotatable bonds is 3. The summed E-state index contributed by atoms with van der Waals surface area (Å²) in [6, 6.07) is 0. The molecule has 0 aliphatic carbocycles. The van der Waals surface area contributed by atoms with Crippen molar-refractivity contribution in [2.75, 3.05) is 32.9 Å². The van der Waals surface area contributed by atoms with Crippen molar-refractivity contribution >= 4 is 0 Å². The van der Waals surface area contributed by atoms with Gasteiger partial charge < -0.3 is 14.8 Å². The Morgan fingerprint density at radius 1 is 1.23 bits per heavy atom. The molecule has 2 heterocycles. The summed E-state index contributed by atoms with van der Waals surface area (Å²) < 4.78 is 11.2. The van der Waals surface area contributed by atoms with Crippen LogP contribution in [0.15, 0.2) is 0 Å². The van der Waals surface area contributed by atoms with Gasteiger partial charge >= 0.3 is 0 Å². The average molecular weight is 185 g/mol. The second kappa shape index (κ2) is 4.94. The van der Waals surface area contributed by atoms with Crippen molar-refractivity contribution in [1.82, 2.24) is 5.32 Å². The van der Waals surface area contributed by atoms with Gasteiger partial charge in [0.25, 0.3) is 0 Å². The summed E-state index contributed by atoms with van der Waals surface area (Å²) in [7, 11) is 0. The van der Waals surface area contributed by atoms with Gasteiger partial charge in [0.05, 0.1) is 19.3 Å². The van der Waals surface area contributed by atoms with E-state index in [1.54, 1.807) is 0 Å². The number of hydrogen-bond acceptors (Lipinski definition) is 3. The zero-order valence-corrected chi connectivity index (χ0v) is 8.13. The standard InChI is InChI=1S/C10H19NO2/c1-4-11-5-2-10(1)13-8-9-3-6-12-7-9/h9-11H,1-8H2. The first-order valence-electron chi connectivity index (χ1n) is 5.35. The fourth-order valence-electron chi connectivity index (χ4n) is 1.95. The van der Waals surface area contributed by atoms with Crippen molar-refractivity contribution in [2.45, 2.75) is 25.4 Å². The molecule has 1 N–H and O–H groups in total. The smallest absolute Gasteiger partial charge is 0.0599 e. The molecule has 0 spiro atoms. The highest BCUT2D eigenvalue weighted by Gasteiger charge is 2.19. The fraction of sp³-hybridized carbons (Fsp3) is 1.00. The average Bonchev–Trinajstić information content (AvgIpc) is 2.69. The van der Waals surface area contributed by atoms with E-state index in [9.17, 15) is 0 Å².